The van der Waals surface area contributed by atoms with Crippen LogP contribution in [0.4, 0.5) is 5.69 Å². The highest BCUT2D eigenvalue weighted by atomic mass is 16.2. The van der Waals surface area contributed by atoms with Crippen molar-refractivity contribution in [3.8, 4) is 6.07 Å². The van der Waals surface area contributed by atoms with Gasteiger partial charge in [0.15, 0.2) is 0 Å². The summed E-state index contributed by atoms with van der Waals surface area (Å²) in [5.41, 5.74) is 2.37. The Morgan fingerprint density at radius 1 is 1.33 bits per heavy atom. The smallest absolute Gasteiger partial charge is 0.266 e. The Labute approximate surface area is 145 Å². The number of rotatable bonds is 6. The number of carbonyl (C=O) groups is 1. The fourth-order valence-corrected chi connectivity index (χ4v) is 2.83. The van der Waals surface area contributed by atoms with Crippen LogP contribution in [0.3, 0.4) is 0 Å². The second-order valence-corrected chi connectivity index (χ2v) is 6.59. The topological polar surface area (TPSA) is 56.1 Å². The molecule has 0 radical (unpaired) electrons. The minimum Gasteiger partial charge on any atom is -0.360 e. The monoisotopic (exact) mass is 325 g/mol. The van der Waals surface area contributed by atoms with Gasteiger partial charge in [0.25, 0.3) is 5.91 Å². The molecular weight excluding hydrogens is 298 g/mol. The molecule has 1 heterocycles. The van der Waals surface area contributed by atoms with Crippen molar-refractivity contribution in [1.29, 1.82) is 5.26 Å². The number of unbranched alkanes of at least 4 members (excludes halogenated alkanes) is 1. The third-order valence-corrected chi connectivity index (χ3v) is 4.58. The van der Waals surface area contributed by atoms with E-state index in [-0.39, 0.29) is 11.5 Å². The van der Waals surface area contributed by atoms with Crippen molar-refractivity contribution in [2.45, 2.75) is 46.0 Å². The molecule has 1 aromatic carbocycles. The zero-order valence-electron chi connectivity index (χ0n) is 14.7. The van der Waals surface area contributed by atoms with Crippen molar-refractivity contribution in [3.05, 3.63) is 41.6 Å². The number of likely N-dealkylation sites (tertiary alicyclic amines) is 1. The molecule has 4 nitrogen and oxygen atoms in total. The maximum absolute atomic E-state index is 12.4. The zero-order valence-corrected chi connectivity index (χ0v) is 14.7. The van der Waals surface area contributed by atoms with Gasteiger partial charge in [-0.15, -0.1) is 0 Å². The molecule has 0 aromatic heterocycles. The van der Waals surface area contributed by atoms with Gasteiger partial charge in [0.1, 0.15) is 11.6 Å². The predicted molar refractivity (Wildman–Crippen MR) is 97.4 cm³/mol. The maximum atomic E-state index is 12.4. The Morgan fingerprint density at radius 2 is 2.00 bits per heavy atom. The molecule has 4 heteroatoms. The molecule has 24 heavy (non-hydrogen) atoms. The molecule has 1 aliphatic rings. The summed E-state index contributed by atoms with van der Waals surface area (Å²) < 4.78 is 0. The number of anilines is 1. The summed E-state index contributed by atoms with van der Waals surface area (Å²) in [6.07, 6.45) is 7.01. The van der Waals surface area contributed by atoms with E-state index in [1.54, 1.807) is 4.90 Å². The number of nitrogens with zero attached hydrogens (tertiary/aromatic N) is 2. The van der Waals surface area contributed by atoms with Crippen molar-refractivity contribution < 1.29 is 4.79 Å². The Hall–Kier alpha value is -2.28. The largest absolute Gasteiger partial charge is 0.360 e. The maximum Gasteiger partial charge on any atom is 0.266 e. The highest BCUT2D eigenvalue weighted by molar-refractivity contribution is 5.97. The van der Waals surface area contributed by atoms with E-state index in [0.717, 1.165) is 38.0 Å². The quantitative estimate of drug-likeness (QED) is 0.632. The van der Waals surface area contributed by atoms with E-state index >= 15 is 0 Å². The first-order chi connectivity index (χ1) is 11.6. The van der Waals surface area contributed by atoms with Crippen LogP contribution in [0.5, 0.6) is 0 Å². The van der Waals surface area contributed by atoms with Gasteiger partial charge in [0, 0.05) is 25.0 Å². The van der Waals surface area contributed by atoms with Gasteiger partial charge in [-0.05, 0) is 49.3 Å². The molecule has 1 N–H and O–H groups in total. The number of aryl methyl sites for hydroxylation is 1. The molecule has 1 fully saturated rings. The van der Waals surface area contributed by atoms with E-state index in [0.29, 0.717) is 5.92 Å². The lowest BCUT2D eigenvalue weighted by Crippen LogP contribution is -2.38. The van der Waals surface area contributed by atoms with Gasteiger partial charge in [-0.25, -0.2) is 0 Å². The van der Waals surface area contributed by atoms with Gasteiger partial charge in [0.05, 0.1) is 0 Å². The average Bonchev–Trinajstić information content (AvgIpc) is 2.62. The second-order valence-electron chi connectivity index (χ2n) is 6.59. The number of hydrogen-bond acceptors (Lipinski definition) is 3. The third-order valence-electron chi connectivity index (χ3n) is 4.58. The summed E-state index contributed by atoms with van der Waals surface area (Å²) in [5.74, 6) is 0.490. The molecule has 0 spiro atoms. The molecule has 128 valence electrons. The molecule has 0 unspecified atom stereocenters. The number of piperidine rings is 1. The first-order valence-corrected chi connectivity index (χ1v) is 8.89. The van der Waals surface area contributed by atoms with Crippen LogP contribution in [0.2, 0.25) is 0 Å². The lowest BCUT2D eigenvalue weighted by molar-refractivity contribution is -0.128. The normalized spacial score (nSPS) is 15.9. The summed E-state index contributed by atoms with van der Waals surface area (Å²) >= 11 is 0. The number of hydrogen-bond donors (Lipinski definition) is 1. The predicted octanol–water partition coefficient (Wildman–Crippen LogP) is 4.11. The van der Waals surface area contributed by atoms with Crippen molar-refractivity contribution >= 4 is 11.6 Å². The summed E-state index contributed by atoms with van der Waals surface area (Å²) in [6.45, 7) is 5.87. The fourth-order valence-electron chi connectivity index (χ4n) is 2.83. The number of benzene rings is 1. The number of nitriles is 1. The summed E-state index contributed by atoms with van der Waals surface area (Å²) in [5, 5.41) is 12.4. The molecule has 1 aromatic rings. The van der Waals surface area contributed by atoms with Crippen molar-refractivity contribution in [1.82, 2.24) is 4.90 Å². The minimum absolute atomic E-state index is 0.166. The summed E-state index contributed by atoms with van der Waals surface area (Å²) in [4.78, 5) is 14.2. The van der Waals surface area contributed by atoms with E-state index in [9.17, 15) is 10.1 Å². The second kappa shape index (κ2) is 9.12. The van der Waals surface area contributed by atoms with E-state index in [1.807, 2.05) is 18.2 Å². The van der Waals surface area contributed by atoms with E-state index in [1.165, 1.54) is 24.6 Å². The number of nitrogens with one attached hydrogen (secondary N) is 1. The molecule has 0 aliphatic carbocycles. The van der Waals surface area contributed by atoms with Crippen molar-refractivity contribution in [2.24, 2.45) is 5.92 Å². The van der Waals surface area contributed by atoms with Crippen LogP contribution in [0.25, 0.3) is 0 Å². The van der Waals surface area contributed by atoms with Gasteiger partial charge in [-0.2, -0.15) is 5.26 Å². The Morgan fingerprint density at radius 3 is 2.58 bits per heavy atom. The standard InChI is InChI=1S/C20H27N3O/c1-3-4-5-17-6-8-19(9-7-17)22-15-18(14-21)20(24)23-12-10-16(2)11-13-23/h6-9,15-16,22H,3-5,10-13H2,1-2H3/b18-15-. The van der Waals surface area contributed by atoms with Gasteiger partial charge in [0.2, 0.25) is 0 Å². The summed E-state index contributed by atoms with van der Waals surface area (Å²) in [7, 11) is 0. The summed E-state index contributed by atoms with van der Waals surface area (Å²) in [6, 6.07) is 10.2. The van der Waals surface area contributed by atoms with E-state index in [4.69, 9.17) is 0 Å². The Bertz CT molecular complexity index is 605. The van der Waals surface area contributed by atoms with Crippen LogP contribution in [0.15, 0.2) is 36.0 Å². The molecule has 2 rings (SSSR count). The SMILES string of the molecule is CCCCc1ccc(N/C=C(/C#N)C(=O)N2CCC(C)CC2)cc1. The molecule has 0 saturated carbocycles. The van der Waals surface area contributed by atoms with Crippen LogP contribution in [0.1, 0.15) is 45.1 Å². The van der Waals surface area contributed by atoms with Crippen molar-refractivity contribution in [2.75, 3.05) is 18.4 Å². The van der Waals surface area contributed by atoms with Gasteiger partial charge in [-0.1, -0.05) is 32.4 Å². The van der Waals surface area contributed by atoms with Crippen LogP contribution in [0, 0.1) is 17.2 Å². The van der Waals surface area contributed by atoms with Gasteiger partial charge < -0.3 is 10.2 Å². The average molecular weight is 325 g/mol. The zero-order chi connectivity index (χ0) is 17.4. The Balaban J connectivity index is 1.95. The van der Waals surface area contributed by atoms with Crippen LogP contribution >= 0.6 is 0 Å². The number of amides is 1. The minimum atomic E-state index is -0.170. The lowest BCUT2D eigenvalue weighted by atomic mass is 9.99. The molecule has 1 amide bonds. The Kier molecular flexibility index (Phi) is 6.87. The highest BCUT2D eigenvalue weighted by Gasteiger charge is 2.22. The van der Waals surface area contributed by atoms with Crippen LogP contribution in [-0.4, -0.2) is 23.9 Å². The van der Waals surface area contributed by atoms with Gasteiger partial charge in [-0.3, -0.25) is 4.79 Å². The van der Waals surface area contributed by atoms with E-state index < -0.39 is 0 Å². The third kappa shape index (κ3) is 5.13. The first-order valence-electron chi connectivity index (χ1n) is 8.89. The first kappa shape index (κ1) is 18.1. The lowest BCUT2D eigenvalue weighted by Gasteiger charge is -2.30. The van der Waals surface area contributed by atoms with Gasteiger partial charge >= 0.3 is 0 Å². The molecule has 0 atom stereocenters. The van der Waals surface area contributed by atoms with E-state index in [2.05, 4.69) is 31.3 Å². The van der Waals surface area contributed by atoms with Crippen molar-refractivity contribution in [3.63, 3.8) is 0 Å². The van der Waals surface area contributed by atoms with Crippen LogP contribution < -0.4 is 5.32 Å². The number of carbonyl (C=O) groups excluding carboxylic acids is 1. The molecule has 1 aliphatic heterocycles. The fraction of sp³-hybridized carbons (Fsp3) is 0.500. The van der Waals surface area contributed by atoms with Crippen LogP contribution in [-0.2, 0) is 11.2 Å². The highest BCUT2D eigenvalue weighted by Crippen LogP contribution is 2.18. The molecular formula is C20H27N3O. The molecule has 1 saturated heterocycles. The molecule has 0 bridgehead atoms.